The summed E-state index contributed by atoms with van der Waals surface area (Å²) in [5.41, 5.74) is 5.68. The third-order valence-corrected chi connectivity index (χ3v) is 5.44. The summed E-state index contributed by atoms with van der Waals surface area (Å²) in [5.74, 6) is -0.640. The van der Waals surface area contributed by atoms with Crippen molar-refractivity contribution in [1.82, 2.24) is 0 Å². The van der Waals surface area contributed by atoms with Crippen LogP contribution in [0.15, 0.2) is 44.2 Å². The van der Waals surface area contributed by atoms with Crippen LogP contribution in [0.2, 0.25) is 5.02 Å². The molecule has 0 fully saturated rings. The Morgan fingerprint density at radius 1 is 1.14 bits per heavy atom. The van der Waals surface area contributed by atoms with Gasteiger partial charge in [-0.3, -0.25) is 4.72 Å². The van der Waals surface area contributed by atoms with Gasteiger partial charge < -0.3 is 5.73 Å². The highest BCUT2D eigenvalue weighted by molar-refractivity contribution is 9.10. The number of nitrogens with one attached hydrogen (secondary N) is 1. The van der Waals surface area contributed by atoms with Crippen molar-refractivity contribution in [3.05, 3.63) is 50.1 Å². The number of rotatable bonds is 3. The molecule has 0 aliphatic heterocycles. The highest BCUT2D eigenvalue weighted by Crippen LogP contribution is 2.31. The van der Waals surface area contributed by atoms with Gasteiger partial charge in [0, 0.05) is 9.50 Å². The van der Waals surface area contributed by atoms with Crippen LogP contribution >= 0.6 is 43.5 Å². The molecule has 0 saturated heterocycles. The zero-order valence-electron chi connectivity index (χ0n) is 10.2. The quantitative estimate of drug-likeness (QED) is 0.671. The van der Waals surface area contributed by atoms with Gasteiger partial charge in [-0.25, -0.2) is 12.8 Å². The van der Waals surface area contributed by atoms with Gasteiger partial charge in [0.05, 0.1) is 15.8 Å². The summed E-state index contributed by atoms with van der Waals surface area (Å²) >= 11 is 11.9. The second-order valence-corrected chi connectivity index (χ2v) is 7.83. The fraction of sp³-hybridized carbons (Fsp3) is 0. The van der Waals surface area contributed by atoms with Gasteiger partial charge in [0.1, 0.15) is 10.7 Å². The average Bonchev–Trinajstić information content (AvgIpc) is 2.37. The monoisotopic (exact) mass is 456 g/mol. The number of halogens is 4. The molecule has 2 aromatic carbocycles. The normalized spacial score (nSPS) is 11.4. The van der Waals surface area contributed by atoms with Gasteiger partial charge in [-0.05, 0) is 62.2 Å². The van der Waals surface area contributed by atoms with Gasteiger partial charge in [0.15, 0.2) is 0 Å². The molecule has 0 aliphatic rings. The van der Waals surface area contributed by atoms with E-state index in [1.165, 1.54) is 12.1 Å². The fourth-order valence-corrected chi connectivity index (χ4v) is 4.18. The Hall–Kier alpha value is -0.830. The summed E-state index contributed by atoms with van der Waals surface area (Å²) in [7, 11) is -3.96. The van der Waals surface area contributed by atoms with Gasteiger partial charge >= 0.3 is 0 Å². The fourth-order valence-electron chi connectivity index (χ4n) is 1.55. The van der Waals surface area contributed by atoms with E-state index >= 15 is 0 Å². The van der Waals surface area contributed by atoms with E-state index in [0.29, 0.717) is 15.2 Å². The molecule has 0 bridgehead atoms. The Balaban J connectivity index is 2.46. The Morgan fingerprint density at radius 2 is 1.81 bits per heavy atom. The van der Waals surface area contributed by atoms with Crippen LogP contribution in [0, 0.1) is 5.82 Å². The van der Waals surface area contributed by atoms with Crippen molar-refractivity contribution < 1.29 is 12.8 Å². The maximum Gasteiger partial charge on any atom is 0.264 e. The minimum Gasteiger partial charge on any atom is -0.398 e. The largest absolute Gasteiger partial charge is 0.398 e. The van der Waals surface area contributed by atoms with Crippen LogP contribution in [0.3, 0.4) is 0 Å². The Kier molecular flexibility index (Phi) is 4.82. The first-order valence-corrected chi connectivity index (χ1v) is 8.88. The molecule has 0 aliphatic carbocycles. The molecule has 0 amide bonds. The summed E-state index contributed by atoms with van der Waals surface area (Å²) in [6.45, 7) is 0. The lowest BCUT2D eigenvalue weighted by Crippen LogP contribution is -2.15. The van der Waals surface area contributed by atoms with E-state index in [-0.39, 0.29) is 15.1 Å². The zero-order chi connectivity index (χ0) is 15.8. The van der Waals surface area contributed by atoms with Gasteiger partial charge in [-0.15, -0.1) is 0 Å². The topological polar surface area (TPSA) is 72.2 Å². The lowest BCUT2D eigenvalue weighted by molar-refractivity contribution is 0.599. The molecule has 3 N–H and O–H groups in total. The third-order valence-electron chi connectivity index (χ3n) is 2.52. The molecule has 0 saturated carbocycles. The van der Waals surface area contributed by atoms with E-state index in [0.717, 1.165) is 12.1 Å². The van der Waals surface area contributed by atoms with Gasteiger partial charge in [-0.2, -0.15) is 0 Å². The van der Waals surface area contributed by atoms with E-state index in [2.05, 4.69) is 36.6 Å². The summed E-state index contributed by atoms with van der Waals surface area (Å²) in [6, 6.07) is 6.63. The van der Waals surface area contributed by atoms with Crippen molar-refractivity contribution in [2.75, 3.05) is 10.5 Å². The Bertz CT molecular complexity index is 815. The molecule has 0 atom stereocenters. The van der Waals surface area contributed by atoms with Crippen LogP contribution in [0.1, 0.15) is 0 Å². The molecule has 112 valence electrons. The van der Waals surface area contributed by atoms with Crippen LogP contribution in [-0.2, 0) is 10.0 Å². The van der Waals surface area contributed by atoms with Crippen LogP contribution in [0.4, 0.5) is 15.8 Å². The molecule has 21 heavy (non-hydrogen) atoms. The van der Waals surface area contributed by atoms with Crippen LogP contribution in [-0.4, -0.2) is 8.42 Å². The third kappa shape index (κ3) is 3.68. The van der Waals surface area contributed by atoms with Crippen molar-refractivity contribution in [2.24, 2.45) is 0 Å². The highest BCUT2D eigenvalue weighted by Gasteiger charge is 2.20. The molecule has 2 rings (SSSR count). The molecule has 0 spiro atoms. The molecule has 4 nitrogen and oxygen atoms in total. The SMILES string of the molecule is Nc1cc(F)c(Br)cc1S(=O)(=O)Nc1ccc(Cl)cc1Br. The maximum atomic E-state index is 13.3. The van der Waals surface area contributed by atoms with E-state index in [9.17, 15) is 12.8 Å². The number of benzene rings is 2. The highest BCUT2D eigenvalue weighted by atomic mass is 79.9. The standard InChI is InChI=1S/C12H8Br2ClFN2O2S/c13-7-4-12(10(17)5-9(7)16)21(19,20)18-11-2-1-6(15)3-8(11)14/h1-5,18H,17H2. The Labute approximate surface area is 142 Å². The predicted octanol–water partition coefficient (Wildman–Crippen LogP) is 4.39. The van der Waals surface area contributed by atoms with Gasteiger partial charge in [0.25, 0.3) is 10.0 Å². The average molecular weight is 459 g/mol. The molecular weight excluding hydrogens is 450 g/mol. The maximum absolute atomic E-state index is 13.3. The number of hydrogen-bond donors (Lipinski definition) is 2. The first-order chi connectivity index (χ1) is 9.70. The summed E-state index contributed by atoms with van der Waals surface area (Å²) in [4.78, 5) is -0.224. The number of nitrogens with two attached hydrogens (primary N) is 1. The van der Waals surface area contributed by atoms with E-state index in [4.69, 9.17) is 17.3 Å². The van der Waals surface area contributed by atoms with E-state index in [1.54, 1.807) is 6.07 Å². The Morgan fingerprint density at radius 3 is 2.43 bits per heavy atom. The summed E-state index contributed by atoms with van der Waals surface area (Å²) in [5, 5.41) is 0.453. The van der Waals surface area contributed by atoms with E-state index in [1.807, 2.05) is 0 Å². The smallest absolute Gasteiger partial charge is 0.264 e. The summed E-state index contributed by atoms with van der Waals surface area (Å²) < 4.78 is 40.8. The number of nitrogen functional groups attached to an aromatic ring is 1. The van der Waals surface area contributed by atoms with Crippen molar-refractivity contribution in [3.63, 3.8) is 0 Å². The number of anilines is 2. The number of hydrogen-bond acceptors (Lipinski definition) is 3. The van der Waals surface area contributed by atoms with Crippen LogP contribution in [0.5, 0.6) is 0 Å². The van der Waals surface area contributed by atoms with Gasteiger partial charge in [0.2, 0.25) is 0 Å². The number of sulfonamides is 1. The molecule has 0 aromatic heterocycles. The minimum atomic E-state index is -3.96. The van der Waals surface area contributed by atoms with Crippen molar-refractivity contribution in [1.29, 1.82) is 0 Å². The molecule has 2 aromatic rings. The molecular formula is C12H8Br2ClFN2O2S. The molecule has 0 unspecified atom stereocenters. The van der Waals surface area contributed by atoms with E-state index < -0.39 is 15.8 Å². The predicted molar refractivity (Wildman–Crippen MR) is 88.5 cm³/mol. The lowest BCUT2D eigenvalue weighted by Gasteiger charge is -2.12. The first-order valence-electron chi connectivity index (χ1n) is 5.43. The van der Waals surface area contributed by atoms with Gasteiger partial charge in [-0.1, -0.05) is 11.6 Å². The zero-order valence-corrected chi connectivity index (χ0v) is 14.9. The van der Waals surface area contributed by atoms with Crippen molar-refractivity contribution in [2.45, 2.75) is 4.90 Å². The molecule has 0 radical (unpaired) electrons. The molecule has 9 heteroatoms. The minimum absolute atomic E-state index is 0.00671. The van der Waals surface area contributed by atoms with Crippen molar-refractivity contribution >= 4 is 64.9 Å². The first kappa shape index (κ1) is 16.5. The summed E-state index contributed by atoms with van der Waals surface area (Å²) in [6.07, 6.45) is 0. The molecule has 0 heterocycles. The lowest BCUT2D eigenvalue weighted by atomic mass is 10.3. The van der Waals surface area contributed by atoms with Crippen LogP contribution < -0.4 is 10.5 Å². The second-order valence-electron chi connectivity index (χ2n) is 4.03. The van der Waals surface area contributed by atoms with Crippen LogP contribution in [0.25, 0.3) is 0 Å². The van der Waals surface area contributed by atoms with Crippen molar-refractivity contribution in [3.8, 4) is 0 Å². The second kappa shape index (κ2) is 6.12.